The number of ether oxygens (including phenoxy) is 2. The van der Waals surface area contributed by atoms with Gasteiger partial charge in [-0.2, -0.15) is 5.10 Å². The van der Waals surface area contributed by atoms with E-state index in [1.807, 2.05) is 44.2 Å². The highest BCUT2D eigenvalue weighted by molar-refractivity contribution is 6.16. The Morgan fingerprint density at radius 1 is 1.14 bits per heavy atom. The van der Waals surface area contributed by atoms with E-state index in [1.165, 1.54) is 12.1 Å². The van der Waals surface area contributed by atoms with E-state index in [0.29, 0.717) is 35.0 Å². The van der Waals surface area contributed by atoms with Crippen molar-refractivity contribution in [3.8, 4) is 11.5 Å². The molecule has 0 N–H and O–H groups in total. The number of allylic oxidation sites excluding steroid dienone is 1. The van der Waals surface area contributed by atoms with E-state index in [0.717, 1.165) is 27.0 Å². The maximum absolute atomic E-state index is 11.7. The molecule has 2 aliphatic heterocycles. The predicted molar refractivity (Wildman–Crippen MR) is 107 cm³/mol. The predicted octanol–water partition coefficient (Wildman–Crippen LogP) is 3.99. The molecule has 2 aromatic carbocycles. The van der Waals surface area contributed by atoms with Gasteiger partial charge in [-0.05, 0) is 49.8 Å². The van der Waals surface area contributed by atoms with Gasteiger partial charge in [0.2, 0.25) is 13.2 Å². The summed E-state index contributed by atoms with van der Waals surface area (Å²) in [6.07, 6.45) is 2.56. The molecule has 7 heteroatoms. The fourth-order valence-electron chi connectivity index (χ4n) is 3.29. The highest BCUT2D eigenvalue weighted by atomic mass is 16.7. The van der Waals surface area contributed by atoms with Crippen molar-refractivity contribution in [1.29, 1.82) is 0 Å². The molecular weight excluding hydrogens is 358 g/mol. The van der Waals surface area contributed by atoms with Crippen molar-refractivity contribution in [2.24, 2.45) is 5.10 Å². The van der Waals surface area contributed by atoms with Crippen molar-refractivity contribution in [2.45, 2.75) is 21.3 Å². The normalized spacial score (nSPS) is 14.3. The Bertz CT molecular complexity index is 1040. The Hall–Kier alpha value is -3.48. The van der Waals surface area contributed by atoms with Crippen LogP contribution in [-0.2, 0) is 4.79 Å². The molecule has 2 aromatic rings. The van der Waals surface area contributed by atoms with E-state index in [4.69, 9.17) is 9.47 Å². The second-order valence-electron chi connectivity index (χ2n) is 6.48. The van der Waals surface area contributed by atoms with Crippen LogP contribution in [0.5, 0.6) is 11.5 Å². The van der Waals surface area contributed by atoms with Crippen LogP contribution in [0.15, 0.2) is 41.1 Å². The number of benzene rings is 2. The smallest absolute Gasteiger partial charge is 0.258 e. The van der Waals surface area contributed by atoms with Crippen molar-refractivity contribution >= 4 is 23.9 Å². The van der Waals surface area contributed by atoms with Gasteiger partial charge in [0, 0.05) is 38.1 Å². The second-order valence-corrected chi connectivity index (χ2v) is 6.48. The van der Waals surface area contributed by atoms with Crippen LogP contribution in [0.2, 0.25) is 0 Å². The minimum atomic E-state index is 0. The Kier molecular flexibility index (Phi) is 5.00. The van der Waals surface area contributed by atoms with Crippen molar-refractivity contribution in [1.82, 2.24) is 5.01 Å². The number of carbonyl (C=O) groups excluding carboxylic acids is 1. The molecule has 1 amide bonds. The van der Waals surface area contributed by atoms with Gasteiger partial charge < -0.3 is 9.47 Å². The van der Waals surface area contributed by atoms with Crippen LogP contribution in [-0.4, -0.2) is 35.7 Å². The Labute approximate surface area is 163 Å². The molecule has 0 saturated heterocycles. The molecule has 2 aliphatic rings. The van der Waals surface area contributed by atoms with Crippen LogP contribution < -0.4 is 9.47 Å². The second kappa shape index (κ2) is 7.26. The largest absolute Gasteiger partial charge is 0.454 e. The van der Waals surface area contributed by atoms with Gasteiger partial charge in [0.1, 0.15) is 0 Å². The quantitative estimate of drug-likeness (QED) is 0.596. The van der Waals surface area contributed by atoms with E-state index in [1.54, 1.807) is 6.07 Å². The van der Waals surface area contributed by atoms with Crippen molar-refractivity contribution in [2.75, 3.05) is 13.8 Å². The topological polar surface area (TPSA) is 71.2 Å². The Morgan fingerprint density at radius 2 is 1.86 bits per heavy atom. The molecule has 0 radical (unpaired) electrons. The lowest BCUT2D eigenvalue weighted by molar-refractivity contribution is -0.428. The van der Waals surface area contributed by atoms with Crippen LogP contribution in [0.3, 0.4) is 0 Å². The van der Waals surface area contributed by atoms with Crippen molar-refractivity contribution < 1.29 is 19.0 Å². The SMILES string of the molecule is C.CC1=Cc2cc3c(cc2C(c2ccc([N+](C)=O)c(C)c2)=NN1C=O)OCO3. The first-order valence-corrected chi connectivity index (χ1v) is 8.45. The maximum atomic E-state index is 11.7. The molecule has 4 rings (SSSR count). The number of aryl methyl sites for hydroxylation is 1. The molecular formula is C21H22N3O4+. The van der Waals surface area contributed by atoms with Gasteiger partial charge in [0.05, 0.1) is 5.71 Å². The summed E-state index contributed by atoms with van der Waals surface area (Å²) in [6.45, 7) is 3.86. The van der Waals surface area contributed by atoms with Crippen molar-refractivity contribution in [3.05, 3.63) is 63.2 Å². The first-order valence-electron chi connectivity index (χ1n) is 8.45. The fraction of sp³-hybridized carbons (Fsp3) is 0.238. The molecule has 0 aromatic heterocycles. The molecule has 0 unspecified atom stereocenters. The number of nitroso groups, excluding NO2 is 1. The van der Waals surface area contributed by atoms with Gasteiger partial charge in [-0.1, -0.05) is 7.43 Å². The lowest BCUT2D eigenvalue weighted by Gasteiger charge is -2.13. The van der Waals surface area contributed by atoms with E-state index in [-0.39, 0.29) is 14.2 Å². The summed E-state index contributed by atoms with van der Waals surface area (Å²) in [5.74, 6) is 1.30. The third-order valence-electron chi connectivity index (χ3n) is 4.64. The molecule has 28 heavy (non-hydrogen) atoms. The number of hydrogen-bond donors (Lipinski definition) is 0. The van der Waals surface area contributed by atoms with Gasteiger partial charge in [-0.15, -0.1) is 0 Å². The maximum Gasteiger partial charge on any atom is 0.258 e. The Morgan fingerprint density at radius 3 is 2.50 bits per heavy atom. The highest BCUT2D eigenvalue weighted by Gasteiger charge is 2.24. The zero-order chi connectivity index (χ0) is 19.1. The van der Waals surface area contributed by atoms with Crippen LogP contribution in [0.25, 0.3) is 6.08 Å². The molecule has 0 atom stereocenters. The van der Waals surface area contributed by atoms with E-state index in [2.05, 4.69) is 5.10 Å². The van der Waals surface area contributed by atoms with Crippen LogP contribution in [0, 0.1) is 11.8 Å². The summed E-state index contributed by atoms with van der Waals surface area (Å²) < 4.78 is 11.8. The number of hydrazone groups is 1. The van der Waals surface area contributed by atoms with Gasteiger partial charge in [-0.3, -0.25) is 4.79 Å². The third-order valence-corrected chi connectivity index (χ3v) is 4.64. The summed E-state index contributed by atoms with van der Waals surface area (Å²) in [5.41, 5.74) is 5.21. The molecule has 0 bridgehead atoms. The van der Waals surface area contributed by atoms with Crippen molar-refractivity contribution in [3.63, 3.8) is 0 Å². The van der Waals surface area contributed by atoms with Crippen LogP contribution in [0.4, 0.5) is 5.69 Å². The molecule has 7 nitrogen and oxygen atoms in total. The number of carbonyl (C=O) groups is 1. The molecule has 0 spiro atoms. The monoisotopic (exact) mass is 380 g/mol. The standard InChI is InChI=1S/C20H18N3O4.CH4/c1-12-6-14(4-5-17(12)22(3)25)20-16-9-19-18(26-11-27-19)8-15(16)7-13(2)23(10-24)21-20;/h4-10H,11H2,1-3H3;1H4/q+1;. The van der Waals surface area contributed by atoms with E-state index in [9.17, 15) is 9.70 Å². The van der Waals surface area contributed by atoms with Gasteiger partial charge in [-0.25, -0.2) is 5.01 Å². The summed E-state index contributed by atoms with van der Waals surface area (Å²) in [5, 5.41) is 5.85. The van der Waals surface area contributed by atoms with E-state index >= 15 is 0 Å². The minimum Gasteiger partial charge on any atom is -0.454 e. The minimum absolute atomic E-state index is 0. The average molecular weight is 380 g/mol. The van der Waals surface area contributed by atoms with Gasteiger partial charge in [0.25, 0.3) is 5.69 Å². The number of fused-ring (bicyclic) bond motifs is 2. The highest BCUT2D eigenvalue weighted by Crippen LogP contribution is 2.38. The lowest BCUT2D eigenvalue weighted by atomic mass is 9.95. The van der Waals surface area contributed by atoms with Crippen LogP contribution >= 0.6 is 0 Å². The Balaban J connectivity index is 0.00000225. The zero-order valence-corrected chi connectivity index (χ0v) is 15.2. The van der Waals surface area contributed by atoms with E-state index < -0.39 is 0 Å². The number of nitrogens with zero attached hydrogens (tertiary/aromatic N) is 3. The number of rotatable bonds is 3. The summed E-state index contributed by atoms with van der Waals surface area (Å²) >= 11 is 0. The molecule has 0 saturated carbocycles. The van der Waals surface area contributed by atoms with Gasteiger partial charge >= 0.3 is 0 Å². The fourth-order valence-corrected chi connectivity index (χ4v) is 3.29. The number of hydrogen-bond acceptors (Lipinski definition) is 5. The summed E-state index contributed by atoms with van der Waals surface area (Å²) in [7, 11) is 1.46. The molecule has 144 valence electrons. The first kappa shape index (κ1) is 19.3. The van der Waals surface area contributed by atoms with Crippen LogP contribution in [0.1, 0.15) is 36.6 Å². The number of amides is 1. The summed E-state index contributed by atoms with van der Waals surface area (Å²) in [6, 6.07) is 9.23. The zero-order valence-electron chi connectivity index (χ0n) is 15.2. The first-order chi connectivity index (χ1) is 13.0. The third kappa shape index (κ3) is 3.15. The lowest BCUT2D eigenvalue weighted by Crippen LogP contribution is -2.15. The molecule has 2 heterocycles. The average Bonchev–Trinajstić information content (AvgIpc) is 3.03. The molecule has 0 aliphatic carbocycles. The van der Waals surface area contributed by atoms with Gasteiger partial charge in [0.15, 0.2) is 18.5 Å². The molecule has 0 fully saturated rings. The summed E-state index contributed by atoms with van der Waals surface area (Å²) in [4.78, 5) is 23.2.